The maximum atomic E-state index is 12.2. The first-order chi connectivity index (χ1) is 10.9. The molecule has 1 aromatic carbocycles. The van der Waals surface area contributed by atoms with Crippen LogP contribution in [-0.2, 0) is 6.54 Å². The lowest BCUT2D eigenvalue weighted by Gasteiger charge is -2.20. The van der Waals surface area contributed by atoms with E-state index in [1.807, 2.05) is 43.3 Å². The summed E-state index contributed by atoms with van der Waals surface area (Å²) in [5, 5.41) is 3.00. The average Bonchev–Trinajstić information content (AvgIpc) is 2.86. The van der Waals surface area contributed by atoms with Crippen molar-refractivity contribution in [2.75, 3.05) is 40.3 Å². The van der Waals surface area contributed by atoms with Gasteiger partial charge in [-0.15, -0.1) is 0 Å². The molecule has 5 nitrogen and oxygen atoms in total. The van der Waals surface area contributed by atoms with Crippen LogP contribution in [0.2, 0.25) is 0 Å². The molecule has 1 aliphatic rings. The van der Waals surface area contributed by atoms with Crippen LogP contribution in [-0.4, -0.2) is 56.2 Å². The Morgan fingerprint density at radius 3 is 2.57 bits per heavy atom. The van der Waals surface area contributed by atoms with Crippen molar-refractivity contribution in [3.63, 3.8) is 0 Å². The first-order valence-corrected chi connectivity index (χ1v) is 8.25. The predicted octanol–water partition coefficient (Wildman–Crippen LogP) is 2.57. The Hall–Kier alpha value is -1.75. The average molecular weight is 319 g/mol. The van der Waals surface area contributed by atoms with Crippen LogP contribution in [0.15, 0.2) is 24.3 Å². The third-order valence-electron chi connectivity index (χ3n) is 4.14. The summed E-state index contributed by atoms with van der Waals surface area (Å²) < 4.78 is 5.66. The molecule has 0 spiro atoms. The Bertz CT molecular complexity index is 512. The largest absolute Gasteiger partial charge is 0.492 e. The van der Waals surface area contributed by atoms with Gasteiger partial charge in [-0.3, -0.25) is 0 Å². The van der Waals surface area contributed by atoms with Gasteiger partial charge >= 0.3 is 6.03 Å². The third-order valence-corrected chi connectivity index (χ3v) is 4.14. The highest BCUT2D eigenvalue weighted by molar-refractivity contribution is 5.74. The first kappa shape index (κ1) is 17.6. The minimum atomic E-state index is 0.0295. The van der Waals surface area contributed by atoms with E-state index in [9.17, 15) is 4.79 Å². The number of rotatable bonds is 6. The number of likely N-dealkylation sites (N-methyl/N-ethyl adjacent to an activating group) is 1. The number of ether oxygens (including phenoxy) is 1. The number of nitrogens with one attached hydrogen (secondary N) is 1. The van der Waals surface area contributed by atoms with Crippen molar-refractivity contribution in [2.24, 2.45) is 5.41 Å². The Labute approximate surface area is 139 Å². The summed E-state index contributed by atoms with van der Waals surface area (Å²) in [6.45, 7) is 8.20. The van der Waals surface area contributed by atoms with Gasteiger partial charge in [-0.2, -0.15) is 0 Å². The monoisotopic (exact) mass is 319 g/mol. The van der Waals surface area contributed by atoms with Crippen LogP contribution < -0.4 is 10.1 Å². The van der Waals surface area contributed by atoms with E-state index in [-0.39, 0.29) is 11.4 Å². The summed E-state index contributed by atoms with van der Waals surface area (Å²) >= 11 is 0. The number of benzene rings is 1. The second-order valence-electron chi connectivity index (χ2n) is 7.29. The fraction of sp³-hybridized carbons (Fsp3) is 0.611. The van der Waals surface area contributed by atoms with Gasteiger partial charge in [-0.05, 0) is 43.6 Å². The van der Waals surface area contributed by atoms with E-state index in [0.717, 1.165) is 37.4 Å². The van der Waals surface area contributed by atoms with Crippen LogP contribution >= 0.6 is 0 Å². The fourth-order valence-corrected chi connectivity index (χ4v) is 2.62. The molecule has 128 valence electrons. The lowest BCUT2D eigenvalue weighted by atomic mass is 9.93. The summed E-state index contributed by atoms with van der Waals surface area (Å²) in [7, 11) is 4.05. The van der Waals surface area contributed by atoms with Gasteiger partial charge in [0.15, 0.2) is 0 Å². The molecule has 1 aliphatic heterocycles. The molecule has 0 aromatic heterocycles. The molecule has 0 saturated carbocycles. The summed E-state index contributed by atoms with van der Waals surface area (Å²) in [6, 6.07) is 7.94. The van der Waals surface area contributed by atoms with Gasteiger partial charge in [0.1, 0.15) is 12.4 Å². The molecular weight excluding hydrogens is 290 g/mol. The second kappa shape index (κ2) is 7.68. The zero-order chi connectivity index (χ0) is 16.9. The normalized spacial score (nSPS) is 16.7. The molecule has 2 amide bonds. The fourth-order valence-electron chi connectivity index (χ4n) is 2.62. The highest BCUT2D eigenvalue weighted by Crippen LogP contribution is 2.28. The summed E-state index contributed by atoms with van der Waals surface area (Å²) in [5.74, 6) is 0.864. The van der Waals surface area contributed by atoms with E-state index in [0.29, 0.717) is 13.2 Å². The molecule has 1 fully saturated rings. The molecule has 2 rings (SSSR count). The molecule has 23 heavy (non-hydrogen) atoms. The van der Waals surface area contributed by atoms with Gasteiger partial charge < -0.3 is 19.9 Å². The lowest BCUT2D eigenvalue weighted by molar-refractivity contribution is 0.203. The molecule has 0 bridgehead atoms. The third kappa shape index (κ3) is 5.75. The Morgan fingerprint density at radius 1 is 1.30 bits per heavy atom. The molecule has 1 heterocycles. The van der Waals surface area contributed by atoms with Crippen molar-refractivity contribution < 1.29 is 9.53 Å². The highest BCUT2D eigenvalue weighted by Gasteiger charge is 2.31. The number of urea groups is 1. The van der Waals surface area contributed by atoms with Gasteiger partial charge in [0.25, 0.3) is 0 Å². The van der Waals surface area contributed by atoms with Gasteiger partial charge in [0.05, 0.1) is 0 Å². The van der Waals surface area contributed by atoms with Crippen molar-refractivity contribution in [3.8, 4) is 5.75 Å². The Kier molecular flexibility index (Phi) is 5.88. The first-order valence-electron chi connectivity index (χ1n) is 8.25. The second-order valence-corrected chi connectivity index (χ2v) is 7.29. The number of likely N-dealkylation sites (tertiary alicyclic amines) is 1. The van der Waals surface area contributed by atoms with E-state index in [4.69, 9.17) is 4.74 Å². The quantitative estimate of drug-likeness (QED) is 0.876. The number of hydrogen-bond donors (Lipinski definition) is 1. The number of amides is 2. The number of nitrogens with zero attached hydrogens (tertiary/aromatic N) is 2. The van der Waals surface area contributed by atoms with Crippen LogP contribution in [0.4, 0.5) is 4.79 Å². The topological polar surface area (TPSA) is 44.8 Å². The van der Waals surface area contributed by atoms with Crippen LogP contribution in [0.25, 0.3) is 0 Å². The minimum absolute atomic E-state index is 0.0295. The standard InChI is InChI=1S/C18H29N3O2/c1-18(2)9-10-21(14-18)17(22)19-13-15-5-7-16(8-6-15)23-12-11-20(3)4/h5-8H,9-14H2,1-4H3,(H,19,22). The maximum Gasteiger partial charge on any atom is 0.317 e. The molecule has 0 unspecified atom stereocenters. The Morgan fingerprint density at radius 2 is 2.00 bits per heavy atom. The predicted molar refractivity (Wildman–Crippen MR) is 92.7 cm³/mol. The maximum absolute atomic E-state index is 12.2. The molecule has 1 saturated heterocycles. The van der Waals surface area contributed by atoms with E-state index in [1.54, 1.807) is 0 Å². The highest BCUT2D eigenvalue weighted by atomic mass is 16.5. The summed E-state index contributed by atoms with van der Waals surface area (Å²) in [5.41, 5.74) is 1.32. The van der Waals surface area contributed by atoms with E-state index in [1.165, 1.54) is 0 Å². The minimum Gasteiger partial charge on any atom is -0.492 e. The summed E-state index contributed by atoms with van der Waals surface area (Å²) in [4.78, 5) is 16.2. The zero-order valence-electron chi connectivity index (χ0n) is 14.8. The van der Waals surface area contributed by atoms with Crippen molar-refractivity contribution in [1.29, 1.82) is 0 Å². The molecule has 1 N–H and O–H groups in total. The van der Waals surface area contributed by atoms with Gasteiger partial charge in [-0.25, -0.2) is 4.79 Å². The van der Waals surface area contributed by atoms with Gasteiger partial charge in [0, 0.05) is 26.2 Å². The zero-order valence-corrected chi connectivity index (χ0v) is 14.8. The van der Waals surface area contributed by atoms with Gasteiger partial charge in [-0.1, -0.05) is 26.0 Å². The lowest BCUT2D eigenvalue weighted by Crippen LogP contribution is -2.38. The van der Waals surface area contributed by atoms with Crippen molar-refractivity contribution in [1.82, 2.24) is 15.1 Å². The smallest absolute Gasteiger partial charge is 0.317 e. The molecule has 0 aliphatic carbocycles. The molecular formula is C18H29N3O2. The SMILES string of the molecule is CN(C)CCOc1ccc(CNC(=O)N2CCC(C)(C)C2)cc1. The van der Waals surface area contributed by atoms with E-state index < -0.39 is 0 Å². The Balaban J connectivity index is 1.74. The van der Waals surface area contributed by atoms with Crippen molar-refractivity contribution in [3.05, 3.63) is 29.8 Å². The molecule has 0 atom stereocenters. The van der Waals surface area contributed by atoms with E-state index >= 15 is 0 Å². The van der Waals surface area contributed by atoms with Crippen LogP contribution in [0.1, 0.15) is 25.8 Å². The van der Waals surface area contributed by atoms with Gasteiger partial charge in [0.2, 0.25) is 0 Å². The van der Waals surface area contributed by atoms with Crippen LogP contribution in [0.3, 0.4) is 0 Å². The summed E-state index contributed by atoms with van der Waals surface area (Å²) in [6.07, 6.45) is 1.07. The van der Waals surface area contributed by atoms with Crippen molar-refractivity contribution >= 4 is 6.03 Å². The van der Waals surface area contributed by atoms with E-state index in [2.05, 4.69) is 24.1 Å². The molecule has 5 heteroatoms. The van der Waals surface area contributed by atoms with Crippen LogP contribution in [0.5, 0.6) is 5.75 Å². The molecule has 1 aromatic rings. The van der Waals surface area contributed by atoms with Crippen LogP contribution in [0, 0.1) is 5.41 Å². The van der Waals surface area contributed by atoms with Crippen molar-refractivity contribution in [2.45, 2.75) is 26.8 Å². The number of carbonyl (C=O) groups is 1. The number of carbonyl (C=O) groups excluding carboxylic acids is 1. The molecule has 0 radical (unpaired) electrons. The number of hydrogen-bond acceptors (Lipinski definition) is 3.